The Hall–Kier alpha value is -1.75. The molecule has 2 rings (SSSR count). The number of hydrogen-bond donors (Lipinski definition) is 2. The van der Waals surface area contributed by atoms with Gasteiger partial charge in [-0.3, -0.25) is 4.99 Å². The van der Waals surface area contributed by atoms with Crippen LogP contribution in [0.3, 0.4) is 0 Å². The van der Waals surface area contributed by atoms with Crippen molar-refractivity contribution < 1.29 is 4.74 Å². The van der Waals surface area contributed by atoms with Crippen molar-refractivity contribution in [3.05, 3.63) is 29.3 Å². The maximum Gasteiger partial charge on any atom is 0.191 e. The minimum absolute atomic E-state index is 0.699. The highest BCUT2D eigenvalue weighted by Crippen LogP contribution is 2.20. The normalized spacial score (nSPS) is 18.6. The van der Waals surface area contributed by atoms with Crippen LogP contribution in [0.15, 0.2) is 23.2 Å². The SMILES string of the molecule is CCCOc1cc(C)ccc1CNC(=NC)NCC1CCCN(CC)C1. The van der Waals surface area contributed by atoms with Gasteiger partial charge in [-0.05, 0) is 56.8 Å². The first-order chi connectivity index (χ1) is 12.7. The second-order valence-corrected chi connectivity index (χ2v) is 7.17. The summed E-state index contributed by atoms with van der Waals surface area (Å²) in [7, 11) is 1.83. The van der Waals surface area contributed by atoms with E-state index < -0.39 is 0 Å². The van der Waals surface area contributed by atoms with Gasteiger partial charge >= 0.3 is 0 Å². The molecule has 26 heavy (non-hydrogen) atoms. The van der Waals surface area contributed by atoms with E-state index in [2.05, 4.69) is 59.5 Å². The monoisotopic (exact) mass is 360 g/mol. The van der Waals surface area contributed by atoms with Gasteiger partial charge in [0.15, 0.2) is 5.96 Å². The van der Waals surface area contributed by atoms with Crippen molar-refractivity contribution in [3.63, 3.8) is 0 Å². The van der Waals surface area contributed by atoms with E-state index in [1.165, 1.54) is 37.1 Å². The Morgan fingerprint density at radius 2 is 2.15 bits per heavy atom. The Kier molecular flexibility index (Phi) is 8.75. The Balaban J connectivity index is 1.85. The molecule has 0 aliphatic carbocycles. The molecule has 2 N–H and O–H groups in total. The number of hydrogen-bond acceptors (Lipinski definition) is 3. The molecule has 1 atom stereocenters. The van der Waals surface area contributed by atoms with E-state index in [0.29, 0.717) is 12.5 Å². The van der Waals surface area contributed by atoms with E-state index in [1.807, 2.05) is 7.05 Å². The Labute approximate surface area is 159 Å². The van der Waals surface area contributed by atoms with Crippen molar-refractivity contribution in [2.24, 2.45) is 10.9 Å². The molecule has 0 spiro atoms. The van der Waals surface area contributed by atoms with Crippen LogP contribution in [0.2, 0.25) is 0 Å². The molecule has 0 saturated carbocycles. The predicted molar refractivity (Wildman–Crippen MR) is 110 cm³/mol. The predicted octanol–water partition coefficient (Wildman–Crippen LogP) is 3.18. The number of likely N-dealkylation sites (tertiary alicyclic amines) is 1. The summed E-state index contributed by atoms with van der Waals surface area (Å²) < 4.78 is 5.91. The number of guanidine groups is 1. The summed E-state index contributed by atoms with van der Waals surface area (Å²) in [5, 5.41) is 6.93. The molecule has 1 aliphatic heterocycles. The van der Waals surface area contributed by atoms with Gasteiger partial charge in [-0.2, -0.15) is 0 Å². The fourth-order valence-electron chi connectivity index (χ4n) is 3.40. The van der Waals surface area contributed by atoms with Crippen LogP contribution < -0.4 is 15.4 Å². The number of aryl methyl sites for hydroxylation is 1. The van der Waals surface area contributed by atoms with Gasteiger partial charge in [0.2, 0.25) is 0 Å². The first kappa shape index (κ1) is 20.6. The van der Waals surface area contributed by atoms with Gasteiger partial charge in [0, 0.05) is 32.2 Å². The standard InChI is InChI=1S/C21H36N4O/c1-5-12-26-20-13-17(3)9-10-19(20)15-24-21(22-4)23-14-18-8-7-11-25(6-2)16-18/h9-10,13,18H,5-8,11-12,14-16H2,1-4H3,(H2,22,23,24). The van der Waals surface area contributed by atoms with Crippen molar-refractivity contribution in [1.29, 1.82) is 0 Å². The van der Waals surface area contributed by atoms with Crippen LogP contribution in [0.4, 0.5) is 0 Å². The molecule has 5 nitrogen and oxygen atoms in total. The number of rotatable bonds is 8. The fraction of sp³-hybridized carbons (Fsp3) is 0.667. The van der Waals surface area contributed by atoms with Crippen molar-refractivity contribution in [3.8, 4) is 5.75 Å². The summed E-state index contributed by atoms with van der Waals surface area (Å²) in [5.74, 6) is 2.53. The summed E-state index contributed by atoms with van der Waals surface area (Å²) in [6.07, 6.45) is 3.61. The van der Waals surface area contributed by atoms with Crippen LogP contribution in [-0.2, 0) is 6.54 Å². The molecule has 0 aromatic heterocycles. The molecule has 5 heteroatoms. The van der Waals surface area contributed by atoms with Crippen LogP contribution in [-0.4, -0.2) is 50.7 Å². The van der Waals surface area contributed by atoms with Gasteiger partial charge in [-0.25, -0.2) is 0 Å². The second kappa shape index (κ2) is 11.1. The van der Waals surface area contributed by atoms with Gasteiger partial charge in [-0.15, -0.1) is 0 Å². The molecular formula is C21H36N4O. The topological polar surface area (TPSA) is 48.9 Å². The van der Waals surface area contributed by atoms with Crippen LogP contribution in [0.1, 0.15) is 44.2 Å². The van der Waals surface area contributed by atoms with Crippen molar-refractivity contribution >= 4 is 5.96 Å². The van der Waals surface area contributed by atoms with Gasteiger partial charge in [-0.1, -0.05) is 26.0 Å². The lowest BCUT2D eigenvalue weighted by molar-refractivity contribution is 0.183. The number of ether oxygens (including phenoxy) is 1. The molecule has 146 valence electrons. The molecule has 1 aromatic carbocycles. The van der Waals surface area contributed by atoms with Crippen molar-refractivity contribution in [2.75, 3.05) is 39.8 Å². The summed E-state index contributed by atoms with van der Waals surface area (Å²) in [6.45, 7) is 12.5. The fourth-order valence-corrected chi connectivity index (χ4v) is 3.40. The molecule has 0 amide bonds. The van der Waals surface area contributed by atoms with E-state index >= 15 is 0 Å². The lowest BCUT2D eigenvalue weighted by Crippen LogP contribution is -2.44. The lowest BCUT2D eigenvalue weighted by Gasteiger charge is -2.32. The number of nitrogens with one attached hydrogen (secondary N) is 2. The molecule has 1 saturated heterocycles. The Bertz CT molecular complexity index is 573. The molecule has 1 aliphatic rings. The Morgan fingerprint density at radius 1 is 1.31 bits per heavy atom. The number of benzene rings is 1. The number of nitrogens with zero attached hydrogens (tertiary/aromatic N) is 2. The summed E-state index contributed by atoms with van der Waals surface area (Å²) >= 11 is 0. The summed E-state index contributed by atoms with van der Waals surface area (Å²) in [6, 6.07) is 6.39. The summed E-state index contributed by atoms with van der Waals surface area (Å²) in [5.41, 5.74) is 2.39. The van der Waals surface area contributed by atoms with Gasteiger partial charge < -0.3 is 20.3 Å². The number of aliphatic imine (C=N–C) groups is 1. The van der Waals surface area contributed by atoms with Gasteiger partial charge in [0.05, 0.1) is 6.61 Å². The van der Waals surface area contributed by atoms with Gasteiger partial charge in [0.25, 0.3) is 0 Å². The third-order valence-corrected chi connectivity index (χ3v) is 4.96. The van der Waals surface area contributed by atoms with E-state index in [4.69, 9.17) is 4.74 Å². The minimum Gasteiger partial charge on any atom is -0.493 e. The number of piperidine rings is 1. The van der Waals surface area contributed by atoms with Gasteiger partial charge in [0.1, 0.15) is 5.75 Å². The molecule has 1 fully saturated rings. The lowest BCUT2D eigenvalue weighted by atomic mass is 9.98. The zero-order chi connectivity index (χ0) is 18.8. The average Bonchev–Trinajstić information content (AvgIpc) is 2.67. The molecule has 0 bridgehead atoms. The first-order valence-electron chi connectivity index (χ1n) is 10.0. The van der Waals surface area contributed by atoms with Crippen molar-refractivity contribution in [1.82, 2.24) is 15.5 Å². The molecule has 1 unspecified atom stereocenters. The maximum absolute atomic E-state index is 5.91. The van der Waals surface area contributed by atoms with E-state index in [9.17, 15) is 0 Å². The highest BCUT2D eigenvalue weighted by atomic mass is 16.5. The zero-order valence-corrected chi connectivity index (χ0v) is 17.0. The molecule has 0 radical (unpaired) electrons. The molecule has 1 aromatic rings. The van der Waals surface area contributed by atoms with Crippen LogP contribution in [0.5, 0.6) is 5.75 Å². The summed E-state index contributed by atoms with van der Waals surface area (Å²) in [4.78, 5) is 6.91. The third-order valence-electron chi connectivity index (χ3n) is 4.96. The van der Waals surface area contributed by atoms with E-state index in [1.54, 1.807) is 0 Å². The molecular weight excluding hydrogens is 324 g/mol. The zero-order valence-electron chi connectivity index (χ0n) is 17.0. The van der Waals surface area contributed by atoms with Crippen LogP contribution >= 0.6 is 0 Å². The van der Waals surface area contributed by atoms with Crippen LogP contribution in [0, 0.1) is 12.8 Å². The highest BCUT2D eigenvalue weighted by Gasteiger charge is 2.18. The van der Waals surface area contributed by atoms with E-state index in [-0.39, 0.29) is 0 Å². The molecule has 1 heterocycles. The quantitative estimate of drug-likeness (QED) is 0.552. The minimum atomic E-state index is 0.699. The smallest absolute Gasteiger partial charge is 0.191 e. The van der Waals surface area contributed by atoms with E-state index in [0.717, 1.165) is 37.8 Å². The average molecular weight is 361 g/mol. The highest BCUT2D eigenvalue weighted by molar-refractivity contribution is 5.79. The first-order valence-corrected chi connectivity index (χ1v) is 10.0. The maximum atomic E-state index is 5.91. The largest absolute Gasteiger partial charge is 0.493 e. The Morgan fingerprint density at radius 3 is 2.88 bits per heavy atom. The van der Waals surface area contributed by atoms with Crippen LogP contribution in [0.25, 0.3) is 0 Å². The van der Waals surface area contributed by atoms with Crippen molar-refractivity contribution in [2.45, 2.75) is 46.6 Å². The third kappa shape index (κ3) is 6.52. The second-order valence-electron chi connectivity index (χ2n) is 7.17.